The number of pyridine rings is 2. The van der Waals surface area contributed by atoms with Crippen LogP contribution in [0.5, 0.6) is 5.75 Å². The van der Waals surface area contributed by atoms with Gasteiger partial charge in [0.15, 0.2) is 11.4 Å². The third kappa shape index (κ3) is 2.04. The van der Waals surface area contributed by atoms with Crippen molar-refractivity contribution in [2.75, 3.05) is 6.61 Å². The summed E-state index contributed by atoms with van der Waals surface area (Å²) in [5, 5.41) is 10.1. The molecule has 6 nitrogen and oxygen atoms in total. The summed E-state index contributed by atoms with van der Waals surface area (Å²) in [6, 6.07) is 3.09. The second-order valence-corrected chi connectivity index (χ2v) is 3.71. The van der Waals surface area contributed by atoms with Crippen LogP contribution in [-0.4, -0.2) is 27.7 Å². The Morgan fingerprint density at radius 1 is 1.56 bits per heavy atom. The van der Waals surface area contributed by atoms with Gasteiger partial charge in [0.25, 0.3) is 5.56 Å². The number of aromatic hydroxyl groups is 1. The Bertz CT molecular complexity index is 648. The maximum absolute atomic E-state index is 11.7. The van der Waals surface area contributed by atoms with E-state index in [9.17, 15) is 14.7 Å². The molecule has 2 N–H and O–H groups in total. The Morgan fingerprint density at radius 2 is 2.33 bits per heavy atom. The largest absolute Gasteiger partial charge is 0.504 e. The van der Waals surface area contributed by atoms with Crippen molar-refractivity contribution in [2.45, 2.75) is 13.3 Å². The summed E-state index contributed by atoms with van der Waals surface area (Å²) >= 11 is 0. The highest BCUT2D eigenvalue weighted by Crippen LogP contribution is 2.22. The first-order chi connectivity index (χ1) is 8.65. The Hall–Kier alpha value is -2.37. The van der Waals surface area contributed by atoms with E-state index in [0.29, 0.717) is 6.42 Å². The van der Waals surface area contributed by atoms with E-state index in [2.05, 4.69) is 9.97 Å². The molecule has 6 heteroatoms. The molecule has 2 aromatic heterocycles. The van der Waals surface area contributed by atoms with Crippen LogP contribution in [-0.2, 0) is 4.74 Å². The summed E-state index contributed by atoms with van der Waals surface area (Å²) in [7, 11) is 0. The van der Waals surface area contributed by atoms with Crippen molar-refractivity contribution in [1.82, 2.24) is 9.97 Å². The van der Waals surface area contributed by atoms with Gasteiger partial charge < -0.3 is 14.8 Å². The number of carbonyl (C=O) groups excluding carboxylic acids is 1. The molecule has 0 saturated carbocycles. The van der Waals surface area contributed by atoms with E-state index in [-0.39, 0.29) is 29.0 Å². The van der Waals surface area contributed by atoms with Crippen LogP contribution in [0.15, 0.2) is 23.1 Å². The Balaban J connectivity index is 2.56. The zero-order valence-electron chi connectivity index (χ0n) is 9.77. The molecule has 0 aliphatic rings. The lowest BCUT2D eigenvalue weighted by Crippen LogP contribution is -2.16. The van der Waals surface area contributed by atoms with Crippen molar-refractivity contribution in [3.05, 3.63) is 34.4 Å². The number of rotatable bonds is 3. The smallest absolute Gasteiger partial charge is 0.358 e. The number of nitrogens with zero attached hydrogens (tertiary/aromatic N) is 1. The minimum atomic E-state index is -0.765. The van der Waals surface area contributed by atoms with Crippen molar-refractivity contribution >= 4 is 16.9 Å². The van der Waals surface area contributed by atoms with Gasteiger partial charge in [-0.3, -0.25) is 9.78 Å². The fourth-order valence-corrected chi connectivity index (χ4v) is 1.55. The molecule has 2 rings (SSSR count). The lowest BCUT2D eigenvalue weighted by Gasteiger charge is -2.06. The maximum Gasteiger partial charge on any atom is 0.358 e. The van der Waals surface area contributed by atoms with Crippen LogP contribution in [0.3, 0.4) is 0 Å². The molecule has 0 aromatic carbocycles. The van der Waals surface area contributed by atoms with Crippen LogP contribution in [0, 0.1) is 0 Å². The molecular weight excluding hydrogens is 236 g/mol. The maximum atomic E-state index is 11.7. The summed E-state index contributed by atoms with van der Waals surface area (Å²) in [5.41, 5.74) is -0.663. The molecule has 0 saturated heterocycles. The van der Waals surface area contributed by atoms with Crippen LogP contribution in [0.4, 0.5) is 0 Å². The molecule has 0 radical (unpaired) electrons. The normalized spacial score (nSPS) is 10.5. The quantitative estimate of drug-likeness (QED) is 0.796. The van der Waals surface area contributed by atoms with Gasteiger partial charge in [-0.15, -0.1) is 0 Å². The molecule has 2 heterocycles. The number of hydrogen-bond donors (Lipinski definition) is 2. The molecular formula is C12H12N2O4. The van der Waals surface area contributed by atoms with E-state index in [1.165, 1.54) is 12.3 Å². The first kappa shape index (κ1) is 12.1. The first-order valence-electron chi connectivity index (χ1n) is 5.52. The number of hydrogen-bond acceptors (Lipinski definition) is 5. The molecule has 94 valence electrons. The predicted octanol–water partition coefficient (Wildman–Crippen LogP) is 1.20. The van der Waals surface area contributed by atoms with Gasteiger partial charge in [0.05, 0.1) is 12.0 Å². The highest BCUT2D eigenvalue weighted by molar-refractivity contribution is 5.97. The summed E-state index contributed by atoms with van der Waals surface area (Å²) in [5.74, 6) is -1.13. The van der Waals surface area contributed by atoms with Gasteiger partial charge in [0.2, 0.25) is 0 Å². The number of fused-ring (bicyclic) bond motifs is 1. The van der Waals surface area contributed by atoms with E-state index >= 15 is 0 Å². The van der Waals surface area contributed by atoms with Crippen LogP contribution < -0.4 is 5.56 Å². The van der Waals surface area contributed by atoms with Gasteiger partial charge in [-0.1, -0.05) is 6.92 Å². The average Bonchev–Trinajstić information content (AvgIpc) is 2.40. The van der Waals surface area contributed by atoms with Gasteiger partial charge in [-0.25, -0.2) is 4.79 Å². The fourth-order valence-electron chi connectivity index (χ4n) is 1.55. The van der Waals surface area contributed by atoms with Gasteiger partial charge >= 0.3 is 5.97 Å². The van der Waals surface area contributed by atoms with Crippen LogP contribution >= 0.6 is 0 Å². The summed E-state index contributed by atoms with van der Waals surface area (Å²) in [6.45, 7) is 2.07. The summed E-state index contributed by atoms with van der Waals surface area (Å²) in [4.78, 5) is 29.6. The number of carbonyl (C=O) groups is 1. The van der Waals surface area contributed by atoms with Crippen LogP contribution in [0.2, 0.25) is 0 Å². The summed E-state index contributed by atoms with van der Waals surface area (Å²) < 4.78 is 4.87. The Morgan fingerprint density at radius 3 is 3.06 bits per heavy atom. The lowest BCUT2D eigenvalue weighted by atomic mass is 10.2. The summed E-state index contributed by atoms with van der Waals surface area (Å²) in [6.07, 6.45) is 2.09. The third-order valence-corrected chi connectivity index (χ3v) is 2.39. The number of nitrogens with one attached hydrogen (secondary N) is 1. The zero-order valence-corrected chi connectivity index (χ0v) is 9.77. The van der Waals surface area contributed by atoms with Crippen molar-refractivity contribution in [1.29, 1.82) is 0 Å². The molecule has 0 atom stereocenters. The molecule has 0 amide bonds. The molecule has 0 aliphatic carbocycles. The second-order valence-electron chi connectivity index (χ2n) is 3.71. The van der Waals surface area contributed by atoms with Gasteiger partial charge in [0.1, 0.15) is 5.52 Å². The molecule has 0 bridgehead atoms. The standard InChI is InChI=1S/C12H12N2O4/c1-2-6-18-12(17)9-10(15)8-7(11(16)14-9)4-3-5-13-8/h3-5,15H,2,6H2,1H3,(H,14,16). The van der Waals surface area contributed by atoms with Gasteiger partial charge in [0, 0.05) is 6.20 Å². The minimum Gasteiger partial charge on any atom is -0.504 e. The van der Waals surface area contributed by atoms with E-state index < -0.39 is 11.5 Å². The lowest BCUT2D eigenvalue weighted by molar-refractivity contribution is 0.0494. The Kier molecular flexibility index (Phi) is 3.27. The molecule has 0 aliphatic heterocycles. The highest BCUT2D eigenvalue weighted by Gasteiger charge is 2.18. The molecule has 0 unspecified atom stereocenters. The molecule has 0 fully saturated rings. The average molecular weight is 248 g/mol. The van der Waals surface area contributed by atoms with E-state index in [1.54, 1.807) is 6.07 Å². The second kappa shape index (κ2) is 4.87. The predicted molar refractivity (Wildman–Crippen MR) is 64.6 cm³/mol. The van der Waals surface area contributed by atoms with Gasteiger partial charge in [-0.05, 0) is 18.6 Å². The SMILES string of the molecule is CCCOC(=O)c1[nH]c(=O)c2cccnc2c1O. The number of aromatic nitrogens is 2. The van der Waals surface area contributed by atoms with Crippen molar-refractivity contribution in [3.8, 4) is 5.75 Å². The number of esters is 1. The molecule has 0 spiro atoms. The first-order valence-corrected chi connectivity index (χ1v) is 5.52. The number of ether oxygens (including phenoxy) is 1. The monoisotopic (exact) mass is 248 g/mol. The van der Waals surface area contributed by atoms with Crippen molar-refractivity contribution in [3.63, 3.8) is 0 Å². The Labute approximate surface area is 102 Å². The van der Waals surface area contributed by atoms with E-state index in [0.717, 1.165) is 0 Å². The number of H-pyrrole nitrogens is 1. The van der Waals surface area contributed by atoms with E-state index in [4.69, 9.17) is 4.74 Å². The highest BCUT2D eigenvalue weighted by atomic mass is 16.5. The topological polar surface area (TPSA) is 92.3 Å². The molecule has 2 aromatic rings. The number of aromatic amines is 1. The minimum absolute atomic E-state index is 0.0877. The van der Waals surface area contributed by atoms with Crippen molar-refractivity contribution in [2.24, 2.45) is 0 Å². The third-order valence-electron chi connectivity index (χ3n) is 2.39. The fraction of sp³-hybridized carbons (Fsp3) is 0.250. The van der Waals surface area contributed by atoms with Crippen molar-refractivity contribution < 1.29 is 14.6 Å². The van der Waals surface area contributed by atoms with Crippen LogP contribution in [0.25, 0.3) is 10.9 Å². The molecule has 18 heavy (non-hydrogen) atoms. The van der Waals surface area contributed by atoms with E-state index in [1.807, 2.05) is 6.92 Å². The van der Waals surface area contributed by atoms with Crippen LogP contribution in [0.1, 0.15) is 23.8 Å². The van der Waals surface area contributed by atoms with Gasteiger partial charge in [-0.2, -0.15) is 0 Å². The zero-order chi connectivity index (χ0) is 13.1.